The first-order valence-corrected chi connectivity index (χ1v) is 39.8. The second kappa shape index (κ2) is 42.8. The van der Waals surface area contributed by atoms with Gasteiger partial charge in [0.2, 0.25) is 70.9 Å². The summed E-state index contributed by atoms with van der Waals surface area (Å²) in [6.07, 6.45) is -1.78. The van der Waals surface area contributed by atoms with Crippen LogP contribution in [-0.4, -0.2) is 264 Å². The minimum Gasteiger partial charge on any atom is -0.496 e. The maximum Gasteiger partial charge on any atom is 0.329 e. The van der Waals surface area contributed by atoms with Crippen molar-refractivity contribution in [1.82, 2.24) is 71.6 Å². The monoisotopic (exact) mass is 1580 g/mol. The van der Waals surface area contributed by atoms with Crippen LogP contribution in [0.1, 0.15) is 162 Å². The molecule has 632 valence electrons. The van der Waals surface area contributed by atoms with Crippen LogP contribution in [0.15, 0.2) is 54.7 Å². The topological polar surface area (TPSA) is 380 Å². The third-order valence-corrected chi connectivity index (χ3v) is 21.5. The van der Waals surface area contributed by atoms with E-state index in [0.717, 1.165) is 16.8 Å². The number of rotatable bonds is 24. The lowest BCUT2D eigenvalue weighted by atomic mass is 9.93. The van der Waals surface area contributed by atoms with Crippen molar-refractivity contribution in [2.45, 2.75) is 255 Å². The zero-order valence-corrected chi connectivity index (χ0v) is 72.1. The van der Waals surface area contributed by atoms with Crippen molar-refractivity contribution in [2.75, 3.05) is 56.4 Å². The summed E-state index contributed by atoms with van der Waals surface area (Å²) in [5.74, 6) is -15.4. The molecule has 30 nitrogen and oxygen atoms in total. The highest BCUT2D eigenvalue weighted by Gasteiger charge is 2.47. The smallest absolute Gasteiger partial charge is 0.329 e. The van der Waals surface area contributed by atoms with Crippen molar-refractivity contribution in [2.24, 2.45) is 53.3 Å². The molecule has 0 bridgehead atoms. The van der Waals surface area contributed by atoms with Crippen molar-refractivity contribution in [3.8, 4) is 5.75 Å². The predicted octanol–water partition coefficient (Wildman–Crippen LogP) is 4.43. The molecule has 0 unspecified atom stereocenters. The molecule has 12 amide bonds. The average Bonchev–Trinajstić information content (AvgIpc) is 1.79. The molecule has 0 spiro atoms. The van der Waals surface area contributed by atoms with Crippen LogP contribution in [0.2, 0.25) is 0 Å². The average molecular weight is 1580 g/mol. The number of aliphatic hydroxyl groups excluding tert-OH is 1. The Bertz CT molecular complexity index is 3760. The standard InChI is InChI=1S/C83H134N14O16/c1-29-50(18)69(96(26)80(108)64(46(10)11)88-75(103)67(48(14)15)92(21)22)76(104)91-66-52(20)113-83(111)65(47(12)13)90-71(99)56(39-53-34-31-30-32-35-53)85-74(102)61(43(4)5)86-73(101)58(40-54-41-84-55-36-33-37-59(112-28)60(54)55)94(24)82(110)68(49(16)17)95(25)79(107)63(45(8)9)87-72(100)57(38-42(2)3)93(23)78(106)62(44(6)7)89-77(105)70(51(19)98)97(27)81(66)109/h30-37,41-52,56-58,61-70,84,98H,29,38-40H2,1-28H3,(H,85,102)(H,86,101)(H,87,100)(H,88,103)(H,89,105)(H,90,99)(H,91,104)/t50-,51-,52-,56+,57+,58+,61+,62+,63+,64+,65+,66+,67+,68+,69+,70+/m1/s1. The Hall–Kier alpha value is -9.19. The molecule has 1 aromatic heterocycles. The number of methoxy groups -OCH3 is 1. The Morgan fingerprint density at radius 1 is 0.549 bits per heavy atom. The van der Waals surface area contributed by atoms with Crippen molar-refractivity contribution < 1.29 is 76.9 Å². The predicted molar refractivity (Wildman–Crippen MR) is 432 cm³/mol. The zero-order chi connectivity index (χ0) is 86.0. The number of H-pyrrole nitrogens is 1. The fraction of sp³-hybridized carbons (Fsp3) is 0.675. The first-order chi connectivity index (χ1) is 52.6. The summed E-state index contributed by atoms with van der Waals surface area (Å²) in [6, 6.07) is -4.32. The van der Waals surface area contributed by atoms with Gasteiger partial charge < -0.3 is 81.3 Å². The number of ether oxygens (including phenoxy) is 2. The summed E-state index contributed by atoms with van der Waals surface area (Å²) >= 11 is 0. The zero-order valence-electron chi connectivity index (χ0n) is 72.1. The lowest BCUT2D eigenvalue weighted by Crippen LogP contribution is -2.65. The number of aromatic amines is 1. The van der Waals surface area contributed by atoms with Crippen LogP contribution in [0.3, 0.4) is 0 Å². The van der Waals surface area contributed by atoms with Crippen molar-refractivity contribution >= 4 is 87.8 Å². The summed E-state index contributed by atoms with van der Waals surface area (Å²) in [5, 5.41) is 32.1. The van der Waals surface area contributed by atoms with E-state index in [1.165, 1.54) is 63.8 Å². The second-order valence-corrected chi connectivity index (χ2v) is 33.7. The van der Waals surface area contributed by atoms with Crippen LogP contribution in [0.4, 0.5) is 0 Å². The SMILES string of the molecule is CC[C@@H](C)[C@@H](C(=O)N[C@@H]1C(=O)N(C)[C@@H]([C@@H](C)O)C(=O)N[C@@H](C(C)C)C(=O)N(C)[C@@H](CC(C)C)C(=O)N[C@@H](C(C)C)C(=O)N(C)[C@@H](C(C)C)C(=O)N(C)[C@@H](Cc2c[nH]c3cccc(OC)c23)C(=O)N[C@@H](C(C)C)C(=O)N[C@@H](Cc2ccccc2)C(=O)N[C@@H](C(C)C)C(=O)O[C@@H]1C)N(C)C(=O)[C@@H](NC(=O)[C@H](C(C)C)N(C)C)C(C)C. The van der Waals surface area contributed by atoms with Gasteiger partial charge in [0.1, 0.15) is 84.4 Å². The molecule has 3 aromatic rings. The number of aromatic nitrogens is 1. The van der Waals surface area contributed by atoms with Gasteiger partial charge in [-0.2, -0.15) is 0 Å². The van der Waals surface area contributed by atoms with Gasteiger partial charge in [-0.25, -0.2) is 4.79 Å². The Balaban J connectivity index is 2.07. The summed E-state index contributed by atoms with van der Waals surface area (Å²) < 4.78 is 12.0. The van der Waals surface area contributed by atoms with Gasteiger partial charge in [0.15, 0.2) is 0 Å². The highest BCUT2D eigenvalue weighted by molar-refractivity contribution is 6.01. The van der Waals surface area contributed by atoms with E-state index in [0.29, 0.717) is 27.8 Å². The minimum absolute atomic E-state index is 0.0405. The number of nitrogens with zero attached hydrogens (tertiary/aromatic N) is 6. The molecular weight excluding hydrogens is 1450 g/mol. The van der Waals surface area contributed by atoms with E-state index in [-0.39, 0.29) is 37.5 Å². The number of carbonyl (C=O) groups excluding carboxylic acids is 13. The van der Waals surface area contributed by atoms with E-state index in [2.05, 4.69) is 42.2 Å². The van der Waals surface area contributed by atoms with Gasteiger partial charge >= 0.3 is 5.97 Å². The Labute approximate surface area is 669 Å². The number of benzene rings is 2. The molecule has 2 aromatic carbocycles. The molecule has 0 aliphatic carbocycles. The van der Waals surface area contributed by atoms with E-state index in [4.69, 9.17) is 9.47 Å². The van der Waals surface area contributed by atoms with Gasteiger partial charge in [-0.15, -0.1) is 0 Å². The number of cyclic esters (lactones) is 1. The minimum atomic E-state index is -1.97. The van der Waals surface area contributed by atoms with Gasteiger partial charge in [0, 0.05) is 65.2 Å². The summed E-state index contributed by atoms with van der Waals surface area (Å²) in [7, 11) is 11.7. The van der Waals surface area contributed by atoms with Crippen LogP contribution < -0.4 is 42.0 Å². The van der Waals surface area contributed by atoms with E-state index >= 15 is 52.7 Å². The number of likely N-dealkylation sites (N-methyl/N-ethyl adjacent to an activating group) is 6. The van der Waals surface area contributed by atoms with Crippen molar-refractivity contribution in [1.29, 1.82) is 0 Å². The molecule has 1 aliphatic heterocycles. The van der Waals surface area contributed by atoms with Gasteiger partial charge in [-0.05, 0) is 111 Å². The molecule has 4 rings (SSSR count). The summed E-state index contributed by atoms with van der Waals surface area (Å²) in [4.78, 5) is 208. The molecule has 1 aliphatic rings. The quantitative estimate of drug-likeness (QED) is 0.0560. The highest BCUT2D eigenvalue weighted by atomic mass is 16.5. The number of amides is 12. The number of aliphatic hydroxyl groups is 1. The third kappa shape index (κ3) is 24.7. The Morgan fingerprint density at radius 2 is 1.06 bits per heavy atom. The molecule has 9 N–H and O–H groups in total. The molecular formula is C83H134N14O16. The fourth-order valence-electron chi connectivity index (χ4n) is 14.7. The van der Waals surface area contributed by atoms with Gasteiger partial charge in [0.25, 0.3) is 0 Å². The first-order valence-electron chi connectivity index (χ1n) is 39.8. The maximum atomic E-state index is 15.8. The van der Waals surface area contributed by atoms with Crippen molar-refractivity contribution in [3.63, 3.8) is 0 Å². The molecule has 0 saturated carbocycles. The maximum absolute atomic E-state index is 15.8. The summed E-state index contributed by atoms with van der Waals surface area (Å²) in [6.45, 7) is 33.5. The number of carbonyl (C=O) groups is 13. The van der Waals surface area contributed by atoms with Crippen molar-refractivity contribution in [3.05, 3.63) is 65.9 Å². The molecule has 0 radical (unpaired) electrons. The van der Waals surface area contributed by atoms with Crippen LogP contribution in [-0.2, 0) is 79.9 Å². The lowest BCUT2D eigenvalue weighted by Gasteiger charge is -2.39. The molecule has 30 heteroatoms. The molecule has 113 heavy (non-hydrogen) atoms. The van der Waals surface area contributed by atoms with Crippen LogP contribution in [0.25, 0.3) is 10.9 Å². The van der Waals surface area contributed by atoms with Crippen LogP contribution >= 0.6 is 0 Å². The number of esters is 1. The molecule has 2 heterocycles. The highest BCUT2D eigenvalue weighted by Crippen LogP contribution is 2.31. The second-order valence-electron chi connectivity index (χ2n) is 33.7. The van der Waals surface area contributed by atoms with E-state index in [1.54, 1.807) is 165 Å². The van der Waals surface area contributed by atoms with Gasteiger partial charge in [-0.1, -0.05) is 167 Å². The first kappa shape index (κ1) is 96.2. The number of fused-ring (bicyclic) bond motifs is 1. The number of hydrogen-bond acceptors (Lipinski definition) is 17. The third-order valence-electron chi connectivity index (χ3n) is 21.5. The largest absolute Gasteiger partial charge is 0.496 e. The Kier molecular flexibility index (Phi) is 36.4. The molecule has 1 fully saturated rings. The number of hydrogen-bond donors (Lipinski definition) is 9. The number of nitrogens with one attached hydrogen (secondary N) is 8. The van der Waals surface area contributed by atoms with Gasteiger partial charge in [0.05, 0.1) is 19.3 Å². The van der Waals surface area contributed by atoms with Gasteiger partial charge in [-0.3, -0.25) is 62.4 Å². The Morgan fingerprint density at radius 3 is 1.56 bits per heavy atom. The van der Waals surface area contributed by atoms with Crippen LogP contribution in [0, 0.1) is 53.3 Å². The molecule has 1 saturated heterocycles. The van der Waals surface area contributed by atoms with E-state index in [9.17, 15) is 14.7 Å². The normalized spacial score (nSPS) is 24.1. The molecule has 16 atom stereocenters. The fourth-order valence-corrected chi connectivity index (χ4v) is 14.7. The van der Waals surface area contributed by atoms with E-state index < -0.39 is 209 Å². The lowest BCUT2D eigenvalue weighted by molar-refractivity contribution is -0.160. The van der Waals surface area contributed by atoms with E-state index in [1.807, 2.05) is 33.8 Å². The van der Waals surface area contributed by atoms with Crippen LogP contribution in [0.5, 0.6) is 5.75 Å². The summed E-state index contributed by atoms with van der Waals surface area (Å²) in [5.41, 5.74) is 1.77.